The SMILES string of the molecule is C[C](C)CN1CCN(C(=O)c2nc(-c3ccc(OC(F)F)c(OCC4CC4)c3)oc2[C@H](C)NC(=O)OC(C)(C)C)CC1C. The number of oxazole rings is 1. The summed E-state index contributed by atoms with van der Waals surface area (Å²) in [5.74, 6) is 1.62. The van der Waals surface area contributed by atoms with Crippen LogP contribution in [0.15, 0.2) is 22.6 Å². The standard InChI is InChI=1S/C31H43F2N4O6/c1-18(2)15-36-12-13-37(16-19(36)3)28(38)25-26(20(4)34-30(39)43-31(5,6)7)42-27(35-25)22-10-11-23(41-29(32)33)24(14-22)40-17-21-8-9-21/h10-11,14,19-21,29H,8-9,12-13,15-17H2,1-7H3,(H,34,39)/t19?,20-/m0/s1. The molecule has 12 heteroatoms. The number of hydrogen-bond acceptors (Lipinski definition) is 8. The average molecular weight is 606 g/mol. The Labute approximate surface area is 252 Å². The van der Waals surface area contributed by atoms with Crippen molar-refractivity contribution in [2.75, 3.05) is 32.8 Å². The van der Waals surface area contributed by atoms with Gasteiger partial charge in [-0.2, -0.15) is 8.78 Å². The van der Waals surface area contributed by atoms with Gasteiger partial charge >= 0.3 is 12.7 Å². The number of carbonyl (C=O) groups is 2. The molecule has 0 bridgehead atoms. The van der Waals surface area contributed by atoms with Crippen LogP contribution in [-0.4, -0.2) is 77.8 Å². The van der Waals surface area contributed by atoms with Crippen LogP contribution in [0, 0.1) is 11.8 Å². The minimum atomic E-state index is -3.02. The molecule has 1 unspecified atom stereocenters. The molecule has 1 aromatic carbocycles. The van der Waals surface area contributed by atoms with E-state index in [1.165, 1.54) is 24.1 Å². The molecule has 1 saturated carbocycles. The van der Waals surface area contributed by atoms with E-state index in [2.05, 4.69) is 40.7 Å². The van der Waals surface area contributed by atoms with E-state index in [4.69, 9.17) is 13.9 Å². The van der Waals surface area contributed by atoms with E-state index in [0.29, 0.717) is 37.7 Å². The Morgan fingerprint density at radius 3 is 2.49 bits per heavy atom. The van der Waals surface area contributed by atoms with Crippen LogP contribution in [0.4, 0.5) is 13.6 Å². The molecule has 4 rings (SSSR count). The second-order valence-corrected chi connectivity index (χ2v) is 12.7. The van der Waals surface area contributed by atoms with Gasteiger partial charge in [0, 0.05) is 37.8 Å². The van der Waals surface area contributed by atoms with E-state index in [0.717, 1.165) is 19.4 Å². The van der Waals surface area contributed by atoms with Crippen molar-refractivity contribution in [2.45, 2.75) is 85.6 Å². The van der Waals surface area contributed by atoms with Gasteiger partial charge in [-0.05, 0) is 77.5 Å². The fourth-order valence-electron chi connectivity index (χ4n) is 4.86. The van der Waals surface area contributed by atoms with Gasteiger partial charge in [0.1, 0.15) is 5.60 Å². The Bertz CT molecular complexity index is 1270. The van der Waals surface area contributed by atoms with Crippen molar-refractivity contribution in [3.05, 3.63) is 35.6 Å². The van der Waals surface area contributed by atoms with Crippen molar-refractivity contribution in [1.82, 2.24) is 20.1 Å². The summed E-state index contributed by atoms with van der Waals surface area (Å²) in [6.45, 7) is 13.1. The normalized spacial score (nSPS) is 18.6. The molecule has 1 aliphatic heterocycles. The Morgan fingerprint density at radius 2 is 1.88 bits per heavy atom. The molecule has 1 saturated heterocycles. The highest BCUT2D eigenvalue weighted by Gasteiger charge is 2.34. The minimum absolute atomic E-state index is 0.0609. The van der Waals surface area contributed by atoms with Crippen molar-refractivity contribution >= 4 is 12.0 Å². The molecule has 2 aromatic rings. The molecule has 2 fully saturated rings. The third kappa shape index (κ3) is 9.04. The number of alkyl carbamates (subject to hydrolysis) is 1. The van der Waals surface area contributed by atoms with Crippen LogP contribution in [0.1, 0.15) is 83.6 Å². The number of nitrogens with one attached hydrogen (secondary N) is 1. The molecule has 2 aliphatic rings. The van der Waals surface area contributed by atoms with Gasteiger partial charge in [-0.1, -0.05) is 13.8 Å². The van der Waals surface area contributed by atoms with Crippen LogP contribution in [0.5, 0.6) is 11.5 Å². The number of amides is 2. The number of piperazine rings is 1. The van der Waals surface area contributed by atoms with E-state index < -0.39 is 24.3 Å². The molecule has 0 spiro atoms. The predicted molar refractivity (Wildman–Crippen MR) is 156 cm³/mol. The Hall–Kier alpha value is -3.41. The fraction of sp³-hybridized carbons (Fsp3) is 0.613. The number of benzene rings is 1. The Balaban J connectivity index is 1.65. The maximum absolute atomic E-state index is 13.9. The monoisotopic (exact) mass is 605 g/mol. The molecule has 43 heavy (non-hydrogen) atoms. The number of rotatable bonds is 11. The third-order valence-electron chi connectivity index (χ3n) is 7.13. The Morgan fingerprint density at radius 1 is 1.16 bits per heavy atom. The highest BCUT2D eigenvalue weighted by Crippen LogP contribution is 2.37. The molecule has 10 nitrogen and oxygen atoms in total. The summed E-state index contributed by atoms with van der Waals surface area (Å²) >= 11 is 0. The lowest BCUT2D eigenvalue weighted by Gasteiger charge is -2.40. The summed E-state index contributed by atoms with van der Waals surface area (Å²) in [5, 5.41) is 2.73. The van der Waals surface area contributed by atoms with E-state index in [1.807, 2.05) is 0 Å². The van der Waals surface area contributed by atoms with Crippen LogP contribution in [-0.2, 0) is 4.74 Å². The summed E-state index contributed by atoms with van der Waals surface area (Å²) in [6.07, 6.45) is 1.37. The Kier molecular flexibility index (Phi) is 10.2. The summed E-state index contributed by atoms with van der Waals surface area (Å²) < 4.78 is 48.1. The zero-order valence-electron chi connectivity index (χ0n) is 26.0. The molecule has 1 aromatic heterocycles. The van der Waals surface area contributed by atoms with Gasteiger partial charge in [0.15, 0.2) is 23.0 Å². The number of nitrogens with zero attached hydrogens (tertiary/aromatic N) is 3. The molecular formula is C31H43F2N4O6. The smallest absolute Gasteiger partial charge is 0.408 e. The predicted octanol–water partition coefficient (Wildman–Crippen LogP) is 6.08. The lowest BCUT2D eigenvalue weighted by molar-refractivity contribution is -0.0515. The van der Waals surface area contributed by atoms with Gasteiger partial charge in [0.05, 0.1) is 12.6 Å². The lowest BCUT2D eigenvalue weighted by atomic mass is 10.1. The van der Waals surface area contributed by atoms with Crippen molar-refractivity contribution in [1.29, 1.82) is 0 Å². The van der Waals surface area contributed by atoms with Crippen molar-refractivity contribution < 1.29 is 37.0 Å². The highest BCUT2D eigenvalue weighted by atomic mass is 19.3. The highest BCUT2D eigenvalue weighted by molar-refractivity contribution is 5.94. The number of hydrogen-bond donors (Lipinski definition) is 1. The van der Waals surface area contributed by atoms with Gasteiger partial charge < -0.3 is 28.8 Å². The first-order valence-corrected chi connectivity index (χ1v) is 14.7. The topological polar surface area (TPSA) is 106 Å². The maximum Gasteiger partial charge on any atom is 0.408 e. The van der Waals surface area contributed by atoms with Crippen molar-refractivity contribution in [2.24, 2.45) is 5.92 Å². The summed E-state index contributed by atoms with van der Waals surface area (Å²) in [6, 6.07) is 3.76. The number of halogens is 2. The van der Waals surface area contributed by atoms with Crippen molar-refractivity contribution in [3.63, 3.8) is 0 Å². The largest absolute Gasteiger partial charge is 0.489 e. The van der Waals surface area contributed by atoms with Crippen molar-refractivity contribution in [3.8, 4) is 23.0 Å². The zero-order chi connectivity index (χ0) is 31.5. The second-order valence-electron chi connectivity index (χ2n) is 12.7. The van der Waals surface area contributed by atoms with Crippen LogP contribution < -0.4 is 14.8 Å². The van der Waals surface area contributed by atoms with E-state index in [-0.39, 0.29) is 40.8 Å². The number of alkyl halides is 2. The van der Waals surface area contributed by atoms with Gasteiger partial charge in [0.25, 0.3) is 5.91 Å². The van der Waals surface area contributed by atoms with Gasteiger partial charge in [-0.25, -0.2) is 9.78 Å². The van der Waals surface area contributed by atoms with Gasteiger partial charge in [-0.3, -0.25) is 9.69 Å². The average Bonchev–Trinajstić information content (AvgIpc) is 3.62. The van der Waals surface area contributed by atoms with Crippen LogP contribution >= 0.6 is 0 Å². The molecule has 2 heterocycles. The quantitative estimate of drug-likeness (QED) is 0.329. The molecular weight excluding hydrogens is 562 g/mol. The van der Waals surface area contributed by atoms with E-state index >= 15 is 0 Å². The maximum atomic E-state index is 13.9. The second kappa shape index (κ2) is 13.5. The third-order valence-corrected chi connectivity index (χ3v) is 7.13. The zero-order valence-corrected chi connectivity index (χ0v) is 26.0. The summed E-state index contributed by atoms with van der Waals surface area (Å²) in [5.41, 5.74) is -0.256. The summed E-state index contributed by atoms with van der Waals surface area (Å²) in [7, 11) is 0. The van der Waals surface area contributed by atoms with Crippen LogP contribution in [0.25, 0.3) is 11.5 Å². The fourth-order valence-corrected chi connectivity index (χ4v) is 4.86. The molecule has 2 atom stereocenters. The van der Waals surface area contributed by atoms with E-state index in [1.54, 1.807) is 32.6 Å². The number of aromatic nitrogens is 1. The molecule has 1 aliphatic carbocycles. The molecule has 1 radical (unpaired) electrons. The molecule has 2 amide bonds. The first-order valence-electron chi connectivity index (χ1n) is 14.7. The van der Waals surface area contributed by atoms with Crippen LogP contribution in [0.2, 0.25) is 0 Å². The van der Waals surface area contributed by atoms with Gasteiger partial charge in [-0.15, -0.1) is 0 Å². The first-order chi connectivity index (χ1) is 20.2. The van der Waals surface area contributed by atoms with E-state index in [9.17, 15) is 18.4 Å². The number of carbonyl (C=O) groups excluding carboxylic acids is 2. The molecule has 1 N–H and O–H groups in total. The van der Waals surface area contributed by atoms with Crippen LogP contribution in [0.3, 0.4) is 0 Å². The molecule has 237 valence electrons. The minimum Gasteiger partial charge on any atom is -0.489 e. The number of ether oxygens (including phenoxy) is 3. The summed E-state index contributed by atoms with van der Waals surface area (Å²) in [4.78, 5) is 35.1. The van der Waals surface area contributed by atoms with Gasteiger partial charge in [0.2, 0.25) is 5.89 Å². The lowest BCUT2D eigenvalue weighted by Crippen LogP contribution is -2.54. The first kappa shape index (κ1) is 32.5.